The van der Waals surface area contributed by atoms with Crippen molar-refractivity contribution in [3.8, 4) is 11.5 Å². The molecule has 0 bridgehead atoms. The van der Waals surface area contributed by atoms with Crippen LogP contribution in [0.15, 0.2) is 82.2 Å². The molecule has 0 radical (unpaired) electrons. The average molecular weight is 477 g/mol. The van der Waals surface area contributed by atoms with Gasteiger partial charge in [0, 0.05) is 11.6 Å². The summed E-state index contributed by atoms with van der Waals surface area (Å²) >= 11 is 1.26. The highest BCUT2D eigenvalue weighted by Gasteiger charge is 2.33. The molecule has 0 aliphatic carbocycles. The lowest BCUT2D eigenvalue weighted by atomic mass is 9.96. The fourth-order valence-electron chi connectivity index (χ4n) is 3.82. The summed E-state index contributed by atoms with van der Waals surface area (Å²) in [6.07, 6.45) is 3.27. The number of allylic oxidation sites excluding steroid dienone is 1. The molecule has 0 saturated heterocycles. The third-order valence-electron chi connectivity index (χ3n) is 5.42. The SMILES string of the molecule is C=CCOC(=O)C1=C(C)N=c2s/c(=C\c3ccc(OC)cc3OC)c(=O)n2[C@@H]1c1ccccc1. The molecule has 0 amide bonds. The fourth-order valence-corrected chi connectivity index (χ4v) is 4.86. The van der Waals surface area contributed by atoms with Crippen molar-refractivity contribution in [1.82, 2.24) is 4.57 Å². The lowest BCUT2D eigenvalue weighted by molar-refractivity contribution is -0.138. The molecule has 2 heterocycles. The van der Waals surface area contributed by atoms with Gasteiger partial charge in [0.15, 0.2) is 4.80 Å². The van der Waals surface area contributed by atoms with E-state index in [1.165, 1.54) is 17.4 Å². The summed E-state index contributed by atoms with van der Waals surface area (Å²) in [7, 11) is 3.14. The second kappa shape index (κ2) is 9.93. The second-order valence-corrected chi connectivity index (χ2v) is 8.50. The molecule has 2 aromatic carbocycles. The van der Waals surface area contributed by atoms with Crippen LogP contribution in [0.3, 0.4) is 0 Å². The van der Waals surface area contributed by atoms with Crippen molar-refractivity contribution < 1.29 is 19.0 Å². The van der Waals surface area contributed by atoms with Gasteiger partial charge in [0.2, 0.25) is 0 Å². The van der Waals surface area contributed by atoms with Crippen LogP contribution >= 0.6 is 11.3 Å². The summed E-state index contributed by atoms with van der Waals surface area (Å²) in [5.74, 6) is 0.702. The number of hydrogen-bond donors (Lipinski definition) is 0. The van der Waals surface area contributed by atoms with E-state index in [0.717, 1.165) is 11.1 Å². The van der Waals surface area contributed by atoms with Crippen LogP contribution in [0.5, 0.6) is 11.5 Å². The zero-order valence-corrected chi connectivity index (χ0v) is 19.9. The molecule has 1 atom stereocenters. The van der Waals surface area contributed by atoms with Crippen LogP contribution in [0.25, 0.3) is 6.08 Å². The molecule has 1 aromatic heterocycles. The highest BCUT2D eigenvalue weighted by Crippen LogP contribution is 2.30. The molecule has 7 nitrogen and oxygen atoms in total. The molecule has 1 aliphatic heterocycles. The highest BCUT2D eigenvalue weighted by molar-refractivity contribution is 7.07. The van der Waals surface area contributed by atoms with E-state index in [0.29, 0.717) is 32.1 Å². The molecule has 0 N–H and O–H groups in total. The number of carbonyl (C=O) groups is 1. The van der Waals surface area contributed by atoms with Crippen molar-refractivity contribution in [2.45, 2.75) is 13.0 Å². The number of benzene rings is 2. The van der Waals surface area contributed by atoms with Crippen molar-refractivity contribution in [2.75, 3.05) is 20.8 Å². The Kier molecular flexibility index (Phi) is 6.79. The number of fused-ring (bicyclic) bond motifs is 1. The van der Waals surface area contributed by atoms with Crippen molar-refractivity contribution >= 4 is 23.4 Å². The normalized spacial score (nSPS) is 15.4. The van der Waals surface area contributed by atoms with Gasteiger partial charge in [-0.25, -0.2) is 9.79 Å². The molecule has 34 heavy (non-hydrogen) atoms. The van der Waals surface area contributed by atoms with E-state index < -0.39 is 12.0 Å². The van der Waals surface area contributed by atoms with Gasteiger partial charge >= 0.3 is 5.97 Å². The molecule has 3 aromatic rings. The van der Waals surface area contributed by atoms with Crippen LogP contribution in [-0.4, -0.2) is 31.4 Å². The summed E-state index contributed by atoms with van der Waals surface area (Å²) in [5, 5.41) is 0. The summed E-state index contributed by atoms with van der Waals surface area (Å²) in [6.45, 7) is 5.42. The lowest BCUT2D eigenvalue weighted by Crippen LogP contribution is -2.39. The van der Waals surface area contributed by atoms with E-state index in [1.807, 2.05) is 36.4 Å². The smallest absolute Gasteiger partial charge is 0.338 e. The van der Waals surface area contributed by atoms with Crippen LogP contribution in [0, 0.1) is 0 Å². The zero-order valence-electron chi connectivity index (χ0n) is 19.1. The first-order chi connectivity index (χ1) is 16.5. The average Bonchev–Trinajstić information content (AvgIpc) is 3.16. The lowest BCUT2D eigenvalue weighted by Gasteiger charge is -2.24. The van der Waals surface area contributed by atoms with E-state index >= 15 is 0 Å². The van der Waals surface area contributed by atoms with Gasteiger partial charge in [-0.3, -0.25) is 9.36 Å². The van der Waals surface area contributed by atoms with Crippen LogP contribution in [0.1, 0.15) is 24.1 Å². The number of nitrogens with zero attached hydrogens (tertiary/aromatic N) is 2. The molecule has 0 spiro atoms. The third kappa shape index (κ3) is 4.32. The first kappa shape index (κ1) is 23.3. The molecular formula is C26H24N2O5S. The number of methoxy groups -OCH3 is 2. The van der Waals surface area contributed by atoms with Gasteiger partial charge in [-0.05, 0) is 30.7 Å². The van der Waals surface area contributed by atoms with Gasteiger partial charge < -0.3 is 14.2 Å². The summed E-state index contributed by atoms with van der Waals surface area (Å²) < 4.78 is 18.1. The van der Waals surface area contributed by atoms with E-state index in [4.69, 9.17) is 14.2 Å². The molecule has 0 fully saturated rings. The number of hydrogen-bond acceptors (Lipinski definition) is 7. The number of esters is 1. The molecule has 174 valence electrons. The monoisotopic (exact) mass is 476 g/mol. The Balaban J connectivity index is 1.92. The largest absolute Gasteiger partial charge is 0.497 e. The maximum atomic E-state index is 13.6. The minimum absolute atomic E-state index is 0.0683. The van der Waals surface area contributed by atoms with Crippen molar-refractivity contribution in [3.05, 3.63) is 103 Å². The molecule has 0 unspecified atom stereocenters. The Morgan fingerprint density at radius 3 is 2.62 bits per heavy atom. The van der Waals surface area contributed by atoms with Crippen LogP contribution < -0.4 is 24.4 Å². The van der Waals surface area contributed by atoms with Gasteiger partial charge in [0.1, 0.15) is 18.1 Å². The fraction of sp³-hybridized carbons (Fsp3) is 0.192. The first-order valence-electron chi connectivity index (χ1n) is 10.6. The van der Waals surface area contributed by atoms with E-state index in [9.17, 15) is 9.59 Å². The third-order valence-corrected chi connectivity index (χ3v) is 6.40. The Bertz CT molecular complexity index is 1450. The van der Waals surface area contributed by atoms with Gasteiger partial charge in [-0.15, -0.1) is 0 Å². The second-order valence-electron chi connectivity index (χ2n) is 7.49. The van der Waals surface area contributed by atoms with E-state index in [-0.39, 0.29) is 12.2 Å². The predicted molar refractivity (Wildman–Crippen MR) is 131 cm³/mol. The molecule has 4 rings (SSSR count). The number of aromatic nitrogens is 1. The van der Waals surface area contributed by atoms with Crippen molar-refractivity contribution in [2.24, 2.45) is 4.99 Å². The predicted octanol–water partition coefficient (Wildman–Crippen LogP) is 2.98. The van der Waals surface area contributed by atoms with E-state index in [1.54, 1.807) is 43.9 Å². The first-order valence-corrected chi connectivity index (χ1v) is 11.4. The Hall–Kier alpha value is -3.91. The Morgan fingerprint density at radius 1 is 1.18 bits per heavy atom. The zero-order chi connectivity index (χ0) is 24.2. The minimum Gasteiger partial charge on any atom is -0.497 e. The van der Waals surface area contributed by atoms with Crippen LogP contribution in [0.2, 0.25) is 0 Å². The number of ether oxygens (including phenoxy) is 3. The molecular weight excluding hydrogens is 452 g/mol. The van der Waals surface area contributed by atoms with Gasteiger partial charge in [0.25, 0.3) is 5.56 Å². The molecule has 0 saturated carbocycles. The topological polar surface area (TPSA) is 79.1 Å². The number of thiazole rings is 1. The number of carbonyl (C=O) groups excluding carboxylic acids is 1. The highest BCUT2D eigenvalue weighted by atomic mass is 32.1. The molecule has 8 heteroatoms. The van der Waals surface area contributed by atoms with Gasteiger partial charge in [0.05, 0.1) is 36.1 Å². The minimum atomic E-state index is -0.658. The van der Waals surface area contributed by atoms with Crippen LogP contribution in [-0.2, 0) is 9.53 Å². The van der Waals surface area contributed by atoms with Crippen LogP contribution in [0.4, 0.5) is 0 Å². The summed E-state index contributed by atoms with van der Waals surface area (Å²) in [4.78, 5) is 31.7. The van der Waals surface area contributed by atoms with Crippen molar-refractivity contribution in [3.63, 3.8) is 0 Å². The van der Waals surface area contributed by atoms with Gasteiger partial charge in [-0.1, -0.05) is 54.3 Å². The summed E-state index contributed by atoms with van der Waals surface area (Å²) in [5.41, 5.74) is 2.10. The standard InChI is InChI=1S/C26H24N2O5S/c1-5-13-33-25(30)22-16(2)27-26-28(23(22)17-9-7-6-8-10-17)24(29)21(34-26)14-18-11-12-19(31-3)15-20(18)32-4/h5-12,14-15,23H,1,13H2,2-4H3/b21-14-/t23-/m1/s1. The van der Waals surface area contributed by atoms with Gasteiger partial charge in [-0.2, -0.15) is 0 Å². The van der Waals surface area contributed by atoms with E-state index in [2.05, 4.69) is 11.6 Å². The maximum absolute atomic E-state index is 13.6. The Morgan fingerprint density at radius 2 is 1.94 bits per heavy atom. The van der Waals surface area contributed by atoms with Crippen molar-refractivity contribution in [1.29, 1.82) is 0 Å². The molecule has 1 aliphatic rings. The maximum Gasteiger partial charge on any atom is 0.338 e. The Labute approximate surface area is 200 Å². The summed E-state index contributed by atoms with van der Waals surface area (Å²) in [6, 6.07) is 14.1. The number of rotatable bonds is 7. The quantitative estimate of drug-likeness (QED) is 0.387.